The fraction of sp³-hybridized carbons (Fsp3) is 0.400. The lowest BCUT2D eigenvalue weighted by Gasteiger charge is -2.12. The van der Waals surface area contributed by atoms with Gasteiger partial charge in [-0.25, -0.2) is 0 Å². The van der Waals surface area contributed by atoms with Gasteiger partial charge in [0.25, 0.3) is 0 Å². The molecule has 0 aliphatic carbocycles. The van der Waals surface area contributed by atoms with Crippen molar-refractivity contribution in [3.05, 3.63) is 46.2 Å². The number of nitrogens with zero attached hydrogens (tertiary/aromatic N) is 2. The van der Waals surface area contributed by atoms with Crippen LogP contribution in [0.15, 0.2) is 29.2 Å². The molecule has 0 spiro atoms. The molecule has 1 atom stereocenters. The van der Waals surface area contributed by atoms with Crippen molar-refractivity contribution >= 4 is 23.4 Å². The fourth-order valence-electron chi connectivity index (χ4n) is 2.05. The summed E-state index contributed by atoms with van der Waals surface area (Å²) in [7, 11) is 1.91. The lowest BCUT2D eigenvalue weighted by Crippen LogP contribution is -2.26. The quantitative estimate of drug-likeness (QED) is 0.861. The summed E-state index contributed by atoms with van der Waals surface area (Å²) in [4.78, 5) is 1.25. The molecule has 0 aliphatic heterocycles. The third kappa shape index (κ3) is 3.78. The first kappa shape index (κ1) is 15.4. The number of aromatic nitrogens is 2. The van der Waals surface area contributed by atoms with E-state index >= 15 is 0 Å². The highest BCUT2D eigenvalue weighted by Crippen LogP contribution is 2.23. The minimum atomic E-state index is 0.0635. The van der Waals surface area contributed by atoms with E-state index in [9.17, 15) is 0 Å². The van der Waals surface area contributed by atoms with Crippen LogP contribution < -0.4 is 5.73 Å². The molecule has 1 unspecified atom stereocenters. The normalized spacial score (nSPS) is 12.7. The largest absolute Gasteiger partial charge is 0.327 e. The first-order valence-electron chi connectivity index (χ1n) is 6.60. The second kappa shape index (κ2) is 6.66. The van der Waals surface area contributed by atoms with E-state index in [0.29, 0.717) is 0 Å². The first-order valence-corrected chi connectivity index (χ1v) is 7.96. The topological polar surface area (TPSA) is 43.8 Å². The molecule has 1 heterocycles. The monoisotopic (exact) mass is 309 g/mol. The van der Waals surface area contributed by atoms with E-state index in [0.717, 1.165) is 28.6 Å². The lowest BCUT2D eigenvalue weighted by molar-refractivity contribution is 0.653. The van der Waals surface area contributed by atoms with Crippen LogP contribution in [0.4, 0.5) is 0 Å². The zero-order valence-corrected chi connectivity index (χ0v) is 13.6. The lowest BCUT2D eigenvalue weighted by atomic mass is 10.2. The summed E-state index contributed by atoms with van der Waals surface area (Å²) in [5, 5.41) is 5.05. The molecule has 1 aromatic heterocycles. The number of nitrogens with two attached hydrogens (primary N) is 1. The number of halogens is 1. The Hall–Kier alpha value is -0.970. The molecule has 2 N–H and O–H groups in total. The number of aryl methyl sites for hydroxylation is 3. The van der Waals surface area contributed by atoms with Gasteiger partial charge in [-0.1, -0.05) is 29.3 Å². The van der Waals surface area contributed by atoms with Gasteiger partial charge in [0.2, 0.25) is 0 Å². The molecule has 5 heteroatoms. The van der Waals surface area contributed by atoms with Gasteiger partial charge in [-0.3, -0.25) is 4.68 Å². The molecule has 0 aliphatic rings. The van der Waals surface area contributed by atoms with Crippen LogP contribution >= 0.6 is 23.4 Å². The van der Waals surface area contributed by atoms with E-state index in [4.69, 9.17) is 17.3 Å². The average molecular weight is 310 g/mol. The Morgan fingerprint density at radius 2 is 1.95 bits per heavy atom. The smallest absolute Gasteiger partial charge is 0.0847 e. The molecule has 0 amide bonds. The van der Waals surface area contributed by atoms with Crippen LogP contribution in [0.2, 0.25) is 5.02 Å². The summed E-state index contributed by atoms with van der Waals surface area (Å²) < 4.78 is 1.83. The highest BCUT2D eigenvalue weighted by molar-refractivity contribution is 7.99. The zero-order valence-electron chi connectivity index (χ0n) is 12.1. The van der Waals surface area contributed by atoms with Crippen LogP contribution in [0, 0.1) is 13.8 Å². The second-order valence-electron chi connectivity index (χ2n) is 5.06. The molecule has 3 nitrogen and oxygen atoms in total. The van der Waals surface area contributed by atoms with Crippen molar-refractivity contribution in [2.24, 2.45) is 12.8 Å². The second-order valence-corrected chi connectivity index (χ2v) is 6.53. The van der Waals surface area contributed by atoms with Gasteiger partial charge < -0.3 is 5.73 Å². The maximum atomic E-state index is 6.25. The Morgan fingerprint density at radius 3 is 2.50 bits per heavy atom. The SMILES string of the molecule is Cc1ccc(SCC(N)Cc2c(Cl)c(C)nn2C)cc1. The van der Waals surface area contributed by atoms with E-state index in [1.165, 1.54) is 10.5 Å². The van der Waals surface area contributed by atoms with Crippen molar-refractivity contribution < 1.29 is 0 Å². The summed E-state index contributed by atoms with van der Waals surface area (Å²) in [5.74, 6) is 0.865. The van der Waals surface area contributed by atoms with Crippen molar-refractivity contribution in [1.82, 2.24) is 9.78 Å². The Balaban J connectivity index is 1.92. The first-order chi connectivity index (χ1) is 9.47. The molecule has 1 aromatic carbocycles. The summed E-state index contributed by atoms with van der Waals surface area (Å²) in [6.45, 7) is 4.01. The van der Waals surface area contributed by atoms with Gasteiger partial charge in [0.15, 0.2) is 0 Å². The van der Waals surface area contributed by atoms with E-state index in [2.05, 4.69) is 36.3 Å². The predicted molar refractivity (Wildman–Crippen MR) is 86.5 cm³/mol. The number of rotatable bonds is 5. The molecule has 0 radical (unpaired) electrons. The Bertz CT molecular complexity index is 578. The van der Waals surface area contributed by atoms with Gasteiger partial charge in [0.05, 0.1) is 16.4 Å². The van der Waals surface area contributed by atoms with E-state index in [1.54, 1.807) is 11.8 Å². The molecular formula is C15H20ClN3S. The molecule has 2 rings (SSSR count). The summed E-state index contributed by atoms with van der Waals surface area (Å²) >= 11 is 8.02. The highest BCUT2D eigenvalue weighted by Gasteiger charge is 2.14. The highest BCUT2D eigenvalue weighted by atomic mass is 35.5. The van der Waals surface area contributed by atoms with Crippen molar-refractivity contribution in [3.8, 4) is 0 Å². The Labute approximate surface area is 129 Å². The van der Waals surface area contributed by atoms with Gasteiger partial charge in [0.1, 0.15) is 0 Å². The Kier molecular flexibility index (Phi) is 5.13. The summed E-state index contributed by atoms with van der Waals surface area (Å²) in [5.41, 5.74) is 9.36. The average Bonchev–Trinajstić information content (AvgIpc) is 2.65. The summed E-state index contributed by atoms with van der Waals surface area (Å²) in [6, 6.07) is 8.57. The van der Waals surface area contributed by atoms with Crippen LogP contribution in [0.5, 0.6) is 0 Å². The van der Waals surface area contributed by atoms with Crippen molar-refractivity contribution in [2.75, 3.05) is 5.75 Å². The Morgan fingerprint density at radius 1 is 1.30 bits per heavy atom. The molecule has 20 heavy (non-hydrogen) atoms. The summed E-state index contributed by atoms with van der Waals surface area (Å²) in [6.07, 6.45) is 0.745. The fourth-order valence-corrected chi connectivity index (χ4v) is 3.14. The predicted octanol–water partition coefficient (Wildman–Crippen LogP) is 3.35. The number of hydrogen-bond donors (Lipinski definition) is 1. The van der Waals surface area contributed by atoms with E-state index in [-0.39, 0.29) is 6.04 Å². The number of thioether (sulfide) groups is 1. The third-order valence-corrected chi connectivity index (χ3v) is 4.89. The third-order valence-electron chi connectivity index (χ3n) is 3.20. The van der Waals surface area contributed by atoms with Gasteiger partial charge in [-0.05, 0) is 26.0 Å². The molecule has 0 saturated carbocycles. The van der Waals surface area contributed by atoms with Crippen molar-refractivity contribution in [1.29, 1.82) is 0 Å². The van der Waals surface area contributed by atoms with Crippen molar-refractivity contribution in [2.45, 2.75) is 31.2 Å². The van der Waals surface area contributed by atoms with Crippen LogP contribution in [-0.2, 0) is 13.5 Å². The number of hydrogen-bond acceptors (Lipinski definition) is 3. The molecule has 0 bridgehead atoms. The molecule has 2 aromatic rings. The maximum Gasteiger partial charge on any atom is 0.0847 e. The zero-order chi connectivity index (χ0) is 14.7. The molecule has 0 fully saturated rings. The van der Waals surface area contributed by atoms with Gasteiger partial charge in [-0.2, -0.15) is 5.10 Å². The molecular weight excluding hydrogens is 290 g/mol. The van der Waals surface area contributed by atoms with Crippen molar-refractivity contribution in [3.63, 3.8) is 0 Å². The van der Waals surface area contributed by atoms with Crippen LogP contribution in [0.25, 0.3) is 0 Å². The van der Waals surface area contributed by atoms with Gasteiger partial charge in [-0.15, -0.1) is 11.8 Å². The van der Waals surface area contributed by atoms with Gasteiger partial charge >= 0.3 is 0 Å². The standard InChI is InChI=1S/C15H20ClN3S/c1-10-4-6-13(7-5-10)20-9-12(17)8-14-15(16)11(2)18-19(14)3/h4-7,12H,8-9,17H2,1-3H3. The van der Waals surface area contributed by atoms with Gasteiger partial charge in [0, 0.05) is 30.2 Å². The minimum Gasteiger partial charge on any atom is -0.327 e. The van der Waals surface area contributed by atoms with E-state index < -0.39 is 0 Å². The maximum absolute atomic E-state index is 6.25. The minimum absolute atomic E-state index is 0.0635. The van der Waals surface area contributed by atoms with Crippen LogP contribution in [0.3, 0.4) is 0 Å². The van der Waals surface area contributed by atoms with Crippen LogP contribution in [0.1, 0.15) is 17.0 Å². The van der Waals surface area contributed by atoms with E-state index in [1.807, 2.05) is 18.7 Å². The number of benzene rings is 1. The molecule has 0 saturated heterocycles. The molecule has 108 valence electrons. The van der Waals surface area contributed by atoms with Crippen LogP contribution in [-0.4, -0.2) is 21.6 Å².